The Bertz CT molecular complexity index is 648. The van der Waals surface area contributed by atoms with Gasteiger partial charge in [0.25, 0.3) is 0 Å². The quantitative estimate of drug-likeness (QED) is 0.861. The molecule has 0 heterocycles. The van der Waals surface area contributed by atoms with Crippen LogP contribution in [0.4, 0.5) is 0 Å². The summed E-state index contributed by atoms with van der Waals surface area (Å²) in [5.41, 5.74) is 4.49. The van der Waals surface area contributed by atoms with Crippen LogP contribution in [0.25, 0.3) is 5.57 Å². The summed E-state index contributed by atoms with van der Waals surface area (Å²) >= 11 is 5.99. The molecule has 118 valence electrons. The second kappa shape index (κ2) is 8.23. The smallest absolute Gasteiger partial charge is 0.116 e. The molecule has 0 spiro atoms. The predicted octanol–water partition coefficient (Wildman–Crippen LogP) is 4.85. The second-order valence-electron chi connectivity index (χ2n) is 5.45. The number of aromatic hydroxyl groups is 1. The van der Waals surface area contributed by atoms with Crippen LogP contribution in [0.15, 0.2) is 54.1 Å². The maximum Gasteiger partial charge on any atom is 0.116 e. The molecule has 4 heteroatoms. The summed E-state index contributed by atoms with van der Waals surface area (Å²) in [5, 5.41) is 10.5. The maximum atomic E-state index is 9.76. The van der Waals surface area contributed by atoms with Crippen molar-refractivity contribution in [3.05, 3.63) is 70.3 Å². The van der Waals surface area contributed by atoms with E-state index in [0.29, 0.717) is 0 Å². The molecule has 2 nitrogen and oxygen atoms in total. The molecular weight excluding hydrogens is 317 g/mol. The highest BCUT2D eigenvalue weighted by atomic mass is 35.5. The van der Waals surface area contributed by atoms with E-state index in [1.807, 2.05) is 50.5 Å². The van der Waals surface area contributed by atoms with Gasteiger partial charge < -0.3 is 10.0 Å². The van der Waals surface area contributed by atoms with E-state index in [4.69, 9.17) is 11.6 Å². The van der Waals surface area contributed by atoms with E-state index in [0.717, 1.165) is 28.3 Å². The van der Waals surface area contributed by atoms with Crippen LogP contribution in [0.3, 0.4) is 0 Å². The Morgan fingerprint density at radius 3 is 2.23 bits per heavy atom. The normalized spacial score (nSPS) is 11.9. The van der Waals surface area contributed by atoms with E-state index in [1.165, 1.54) is 5.57 Å². The maximum absolute atomic E-state index is 9.76. The number of likely N-dealkylation sites (N-methyl/N-ethyl adjacent to an activating group) is 1. The molecule has 0 unspecified atom stereocenters. The summed E-state index contributed by atoms with van der Waals surface area (Å²) < 4.78 is 0. The highest BCUT2D eigenvalue weighted by Crippen LogP contribution is 2.30. The van der Waals surface area contributed by atoms with Crippen molar-refractivity contribution in [2.75, 3.05) is 20.6 Å². The molecule has 0 bridgehead atoms. The van der Waals surface area contributed by atoms with Crippen molar-refractivity contribution >= 4 is 29.6 Å². The summed E-state index contributed by atoms with van der Waals surface area (Å²) in [6.07, 6.45) is 0. The SMILES string of the molecule is C/C(CN(C)C)=C(/c1ccc(Cl)cc1)c1cccc(O)c1.Cl. The second-order valence-corrected chi connectivity index (χ2v) is 5.89. The van der Waals surface area contributed by atoms with Gasteiger partial charge in [-0.15, -0.1) is 12.4 Å². The molecule has 2 aromatic rings. The molecule has 2 rings (SSSR count). The first-order chi connectivity index (χ1) is 9.97. The van der Waals surface area contributed by atoms with Crippen molar-refractivity contribution in [3.63, 3.8) is 0 Å². The van der Waals surface area contributed by atoms with Crippen molar-refractivity contribution < 1.29 is 5.11 Å². The van der Waals surface area contributed by atoms with Gasteiger partial charge in [0.15, 0.2) is 0 Å². The van der Waals surface area contributed by atoms with Gasteiger partial charge in [-0.3, -0.25) is 0 Å². The van der Waals surface area contributed by atoms with Crippen LogP contribution in [0, 0.1) is 0 Å². The van der Waals surface area contributed by atoms with E-state index < -0.39 is 0 Å². The largest absolute Gasteiger partial charge is 0.508 e. The summed E-state index contributed by atoms with van der Waals surface area (Å²) in [4.78, 5) is 2.13. The number of benzene rings is 2. The molecule has 0 aliphatic carbocycles. The van der Waals surface area contributed by atoms with Gasteiger partial charge in [-0.05, 0) is 62.0 Å². The highest BCUT2D eigenvalue weighted by Gasteiger charge is 2.10. The Hall–Kier alpha value is -1.48. The topological polar surface area (TPSA) is 23.5 Å². The molecule has 22 heavy (non-hydrogen) atoms. The average Bonchev–Trinajstić information content (AvgIpc) is 2.40. The van der Waals surface area contributed by atoms with Gasteiger partial charge in [0, 0.05) is 11.6 Å². The molecule has 2 aromatic carbocycles. The van der Waals surface area contributed by atoms with Gasteiger partial charge in [-0.1, -0.05) is 41.4 Å². The van der Waals surface area contributed by atoms with Crippen molar-refractivity contribution in [1.82, 2.24) is 4.90 Å². The lowest BCUT2D eigenvalue weighted by molar-refractivity contribution is 0.446. The van der Waals surface area contributed by atoms with Gasteiger partial charge in [0.1, 0.15) is 5.75 Å². The third-order valence-electron chi connectivity index (χ3n) is 3.25. The molecule has 0 saturated carbocycles. The van der Waals surface area contributed by atoms with Gasteiger partial charge in [0.05, 0.1) is 0 Å². The first-order valence-electron chi connectivity index (χ1n) is 6.87. The molecule has 0 atom stereocenters. The number of hydrogen-bond donors (Lipinski definition) is 1. The Kier molecular flexibility index (Phi) is 6.95. The van der Waals surface area contributed by atoms with Gasteiger partial charge in [-0.25, -0.2) is 0 Å². The van der Waals surface area contributed by atoms with Gasteiger partial charge in [0.2, 0.25) is 0 Å². The molecular formula is C18H21Cl2NO. The fraction of sp³-hybridized carbons (Fsp3) is 0.222. The zero-order valence-electron chi connectivity index (χ0n) is 13.0. The third kappa shape index (κ3) is 4.77. The van der Waals surface area contributed by atoms with Crippen LogP contribution in [-0.2, 0) is 0 Å². The Balaban J connectivity index is 0.00000242. The van der Waals surface area contributed by atoms with Crippen molar-refractivity contribution in [2.24, 2.45) is 0 Å². The lowest BCUT2D eigenvalue weighted by Crippen LogP contribution is -2.15. The van der Waals surface area contributed by atoms with Crippen molar-refractivity contribution in [1.29, 1.82) is 0 Å². The molecule has 0 saturated heterocycles. The van der Waals surface area contributed by atoms with Crippen LogP contribution in [0.2, 0.25) is 5.02 Å². The summed E-state index contributed by atoms with van der Waals surface area (Å²) in [6, 6.07) is 15.2. The van der Waals surface area contributed by atoms with Crippen LogP contribution >= 0.6 is 24.0 Å². The number of phenols is 1. The molecule has 0 aliphatic heterocycles. The number of phenolic OH excluding ortho intramolecular Hbond substituents is 1. The fourth-order valence-corrected chi connectivity index (χ4v) is 2.62. The number of nitrogens with zero attached hydrogens (tertiary/aromatic N) is 1. The van der Waals surface area contributed by atoms with Gasteiger partial charge >= 0.3 is 0 Å². The Morgan fingerprint density at radius 2 is 1.68 bits per heavy atom. The Morgan fingerprint density at radius 1 is 1.05 bits per heavy atom. The van der Waals surface area contributed by atoms with E-state index in [9.17, 15) is 5.11 Å². The lowest BCUT2D eigenvalue weighted by Gasteiger charge is -2.17. The standard InChI is InChI=1S/C18H20ClNO.ClH/c1-13(12-20(2)3)18(14-7-9-16(19)10-8-14)15-5-4-6-17(21)11-15;/h4-11,21H,12H2,1-3H3;1H/b18-13+;. The predicted molar refractivity (Wildman–Crippen MR) is 97.1 cm³/mol. The van der Waals surface area contributed by atoms with E-state index in [2.05, 4.69) is 11.8 Å². The summed E-state index contributed by atoms with van der Waals surface area (Å²) in [6.45, 7) is 2.97. The molecule has 0 radical (unpaired) electrons. The highest BCUT2D eigenvalue weighted by molar-refractivity contribution is 6.30. The van der Waals surface area contributed by atoms with E-state index >= 15 is 0 Å². The van der Waals surface area contributed by atoms with Crippen LogP contribution < -0.4 is 0 Å². The molecule has 0 aromatic heterocycles. The van der Waals surface area contributed by atoms with Crippen LogP contribution in [0.1, 0.15) is 18.1 Å². The number of halogens is 2. The Labute approximate surface area is 143 Å². The molecule has 0 aliphatic rings. The average molecular weight is 338 g/mol. The minimum absolute atomic E-state index is 0. The number of hydrogen-bond acceptors (Lipinski definition) is 2. The van der Waals surface area contributed by atoms with Crippen molar-refractivity contribution in [3.8, 4) is 5.75 Å². The first kappa shape index (κ1) is 18.6. The minimum atomic E-state index is 0. The monoisotopic (exact) mass is 337 g/mol. The van der Waals surface area contributed by atoms with Crippen LogP contribution in [0.5, 0.6) is 5.75 Å². The third-order valence-corrected chi connectivity index (χ3v) is 3.50. The zero-order chi connectivity index (χ0) is 15.4. The molecule has 0 amide bonds. The van der Waals surface area contributed by atoms with Gasteiger partial charge in [-0.2, -0.15) is 0 Å². The minimum Gasteiger partial charge on any atom is -0.508 e. The lowest BCUT2D eigenvalue weighted by atomic mass is 9.93. The van der Waals surface area contributed by atoms with Crippen molar-refractivity contribution in [2.45, 2.75) is 6.92 Å². The number of rotatable bonds is 4. The van der Waals surface area contributed by atoms with E-state index in [-0.39, 0.29) is 18.2 Å². The summed E-state index contributed by atoms with van der Waals surface area (Å²) in [5.74, 6) is 0.275. The molecule has 1 N–H and O–H groups in total. The summed E-state index contributed by atoms with van der Waals surface area (Å²) in [7, 11) is 4.09. The van der Waals surface area contributed by atoms with E-state index in [1.54, 1.807) is 12.1 Å². The van der Waals surface area contributed by atoms with Crippen LogP contribution in [-0.4, -0.2) is 30.6 Å². The fourth-order valence-electron chi connectivity index (χ4n) is 2.49. The zero-order valence-corrected chi connectivity index (χ0v) is 14.6. The molecule has 0 fully saturated rings. The first-order valence-corrected chi connectivity index (χ1v) is 7.25.